The van der Waals surface area contributed by atoms with Gasteiger partial charge in [0, 0.05) is 56.2 Å². The molecule has 266 valence electrons. The van der Waals surface area contributed by atoms with Gasteiger partial charge in [0.15, 0.2) is 17.7 Å². The summed E-state index contributed by atoms with van der Waals surface area (Å²) < 4.78 is 31.9. The van der Waals surface area contributed by atoms with Crippen LogP contribution in [0, 0.1) is 17.8 Å². The Bertz CT molecular complexity index is 1310. The number of hydrogen-bond donors (Lipinski definition) is 1. The zero-order chi connectivity index (χ0) is 34.6. The molecule has 0 aromatic carbocycles. The largest absolute Gasteiger partial charge is 0.451 e. The van der Waals surface area contributed by atoms with Gasteiger partial charge in [-0.05, 0) is 64.4 Å². The molecule has 1 amide bonds. The maximum absolute atomic E-state index is 13.5. The van der Waals surface area contributed by atoms with Crippen molar-refractivity contribution in [1.29, 1.82) is 0 Å². The third kappa shape index (κ3) is 8.73. The second kappa shape index (κ2) is 15.5. The van der Waals surface area contributed by atoms with E-state index in [0.29, 0.717) is 19.3 Å². The molecule has 1 spiro atoms. The summed E-state index contributed by atoms with van der Waals surface area (Å²) in [6, 6.07) is 0. The van der Waals surface area contributed by atoms with Crippen molar-refractivity contribution in [2.24, 2.45) is 17.8 Å². The summed E-state index contributed by atoms with van der Waals surface area (Å²) in [4.78, 5) is 51.7. The average molecular weight is 670 g/mol. The average Bonchev–Trinajstić information content (AvgIpc) is 3.73. The fraction of sp³-hybridized carbons (Fsp3) is 0.737. The van der Waals surface area contributed by atoms with E-state index in [0.717, 1.165) is 37.7 Å². The number of epoxide rings is 1. The molecular formula is C38H55NO9. The maximum Gasteiger partial charge on any atom is 0.331 e. The van der Waals surface area contributed by atoms with Crippen molar-refractivity contribution in [2.75, 3.05) is 0 Å². The number of esters is 1. The molecule has 0 saturated carbocycles. The number of hydrogen-bond acceptors (Lipinski definition) is 9. The number of allylic oxidation sites excluding steroid dienone is 3. The smallest absolute Gasteiger partial charge is 0.331 e. The second-order valence-electron chi connectivity index (χ2n) is 15.0. The Morgan fingerprint density at radius 1 is 0.958 bits per heavy atom. The van der Waals surface area contributed by atoms with Gasteiger partial charge in [-0.15, -0.1) is 0 Å². The van der Waals surface area contributed by atoms with Crippen molar-refractivity contribution in [3.05, 3.63) is 36.1 Å². The Balaban J connectivity index is 1.31. The predicted octanol–water partition coefficient (Wildman–Crippen LogP) is 5.82. The first-order valence-electron chi connectivity index (χ1n) is 18.1. The van der Waals surface area contributed by atoms with Gasteiger partial charge in [-0.3, -0.25) is 14.4 Å². The number of fused-ring (bicyclic) bond motifs is 2. The molecule has 0 aliphatic carbocycles. The number of rotatable bonds is 6. The van der Waals surface area contributed by atoms with Gasteiger partial charge in [-0.2, -0.15) is 0 Å². The summed E-state index contributed by atoms with van der Waals surface area (Å²) in [5, 5.41) is 2.68. The first-order valence-corrected chi connectivity index (χ1v) is 18.1. The molecule has 4 fully saturated rings. The Morgan fingerprint density at radius 3 is 2.52 bits per heavy atom. The lowest BCUT2D eigenvalue weighted by molar-refractivity contribution is -0.344. The number of ketones is 2. The fourth-order valence-corrected chi connectivity index (χ4v) is 7.76. The zero-order valence-electron chi connectivity index (χ0n) is 29.5. The van der Waals surface area contributed by atoms with Crippen LogP contribution < -0.4 is 5.32 Å². The summed E-state index contributed by atoms with van der Waals surface area (Å²) in [6.07, 6.45) is 12.8. The molecule has 4 saturated heterocycles. The quantitative estimate of drug-likeness (QED) is 0.211. The van der Waals surface area contributed by atoms with Crippen LogP contribution in [0.1, 0.15) is 112 Å². The summed E-state index contributed by atoms with van der Waals surface area (Å²) in [5.74, 6) is -2.16. The molecule has 11 atom stereocenters. The maximum atomic E-state index is 13.5. The zero-order valence-corrected chi connectivity index (χ0v) is 29.5. The van der Waals surface area contributed by atoms with E-state index in [2.05, 4.69) is 26.1 Å². The minimum absolute atomic E-state index is 0.00994. The van der Waals surface area contributed by atoms with Crippen LogP contribution in [0.15, 0.2) is 36.1 Å². The second-order valence-corrected chi connectivity index (χ2v) is 15.0. The highest BCUT2D eigenvalue weighted by atomic mass is 16.7. The Labute approximate surface area is 285 Å². The van der Waals surface area contributed by atoms with Crippen LogP contribution in [0.2, 0.25) is 0 Å². The van der Waals surface area contributed by atoms with Crippen molar-refractivity contribution in [1.82, 2.24) is 5.32 Å². The molecule has 1 N–H and O–H groups in total. The highest BCUT2D eigenvalue weighted by Crippen LogP contribution is 2.52. The number of amides is 1. The molecule has 7 aliphatic rings. The van der Waals surface area contributed by atoms with E-state index in [-0.39, 0.29) is 79.1 Å². The van der Waals surface area contributed by atoms with E-state index >= 15 is 0 Å². The summed E-state index contributed by atoms with van der Waals surface area (Å²) in [7, 11) is 0. The minimum atomic E-state index is -1.05. The number of Topliss-reactive ketones (excluding diaryl/α,β-unsaturated/α-hetero) is 2. The third-order valence-electron chi connectivity index (χ3n) is 11.1. The van der Waals surface area contributed by atoms with Crippen LogP contribution in [-0.4, -0.2) is 71.5 Å². The molecule has 5 bridgehead atoms. The van der Waals surface area contributed by atoms with Crippen LogP contribution in [-0.2, 0) is 42.9 Å². The van der Waals surface area contributed by atoms with Gasteiger partial charge in [0.25, 0.3) is 0 Å². The van der Waals surface area contributed by atoms with Gasteiger partial charge in [0.1, 0.15) is 11.9 Å². The van der Waals surface area contributed by atoms with Crippen LogP contribution in [0.3, 0.4) is 0 Å². The Kier molecular flexibility index (Phi) is 11.8. The van der Waals surface area contributed by atoms with Gasteiger partial charge in [-0.25, -0.2) is 4.79 Å². The fourth-order valence-electron chi connectivity index (χ4n) is 7.76. The number of nitrogens with one attached hydrogen (secondary N) is 1. The van der Waals surface area contributed by atoms with Gasteiger partial charge < -0.3 is 29.0 Å². The standard InChI is InChI=1S/C38H55NO9/c1-7-11-34(42)39-17-10-8-9-12-30-29(41)18-25(4)28(40)22-27-21-26(5)38(46-27)16-15-37(6)33(48-38)14-13-31(47-37)36-32(45-36)19-23(2)24(3)20-35(43)44-30/h8-10,17,20,23,25-27,30-33,36H,7,11-16,18-19,21-22H2,1-6H3,(H,39,42)/b9-8+,17-10-,24-20+/t23-,25-,26-,27+,30+,31-,32-,33+,36+,37-,38+/m0/s1. The predicted molar refractivity (Wildman–Crippen MR) is 178 cm³/mol. The Hall–Kier alpha value is -2.66. The van der Waals surface area contributed by atoms with Crippen molar-refractivity contribution in [3.8, 4) is 0 Å². The highest BCUT2D eigenvalue weighted by molar-refractivity contribution is 5.92. The van der Waals surface area contributed by atoms with Crippen molar-refractivity contribution >= 4 is 23.4 Å². The molecule has 10 nitrogen and oxygen atoms in total. The van der Waals surface area contributed by atoms with Crippen LogP contribution >= 0.6 is 0 Å². The lowest BCUT2D eigenvalue weighted by Crippen LogP contribution is -2.60. The van der Waals surface area contributed by atoms with Gasteiger partial charge in [0.2, 0.25) is 5.91 Å². The molecule has 7 aliphatic heterocycles. The normalized spacial score (nSPS) is 42.2. The lowest BCUT2D eigenvalue weighted by Gasteiger charge is -2.53. The summed E-state index contributed by atoms with van der Waals surface area (Å²) in [6.45, 7) is 11.9. The first-order chi connectivity index (χ1) is 22.8. The highest BCUT2D eigenvalue weighted by Gasteiger charge is 2.59. The van der Waals surface area contributed by atoms with Crippen molar-refractivity contribution in [2.45, 2.75) is 160 Å². The molecule has 7 heterocycles. The van der Waals surface area contributed by atoms with E-state index < -0.39 is 29.4 Å². The molecule has 48 heavy (non-hydrogen) atoms. The van der Waals surface area contributed by atoms with Crippen molar-refractivity contribution < 1.29 is 42.9 Å². The molecular weight excluding hydrogens is 614 g/mol. The van der Waals surface area contributed by atoms with Crippen LogP contribution in [0.5, 0.6) is 0 Å². The number of carbonyl (C=O) groups is 4. The molecule has 0 unspecified atom stereocenters. The van der Waals surface area contributed by atoms with E-state index in [1.807, 2.05) is 13.8 Å². The summed E-state index contributed by atoms with van der Waals surface area (Å²) >= 11 is 0. The van der Waals surface area contributed by atoms with E-state index in [4.69, 9.17) is 23.7 Å². The van der Waals surface area contributed by atoms with Crippen LogP contribution in [0.25, 0.3) is 0 Å². The molecule has 7 rings (SSSR count). The van der Waals surface area contributed by atoms with Crippen LogP contribution in [0.4, 0.5) is 0 Å². The van der Waals surface area contributed by atoms with E-state index in [9.17, 15) is 19.2 Å². The first kappa shape index (κ1) is 36.6. The number of ether oxygens (including phenoxy) is 5. The van der Waals surface area contributed by atoms with Gasteiger partial charge in [-0.1, -0.05) is 45.4 Å². The van der Waals surface area contributed by atoms with E-state index in [1.54, 1.807) is 25.2 Å². The molecule has 10 heteroatoms. The van der Waals surface area contributed by atoms with E-state index in [1.165, 1.54) is 12.3 Å². The van der Waals surface area contributed by atoms with Gasteiger partial charge in [0.05, 0.1) is 30.0 Å². The third-order valence-corrected chi connectivity index (χ3v) is 11.1. The molecule has 0 aromatic heterocycles. The Morgan fingerprint density at radius 2 is 1.75 bits per heavy atom. The molecule has 0 aromatic rings. The van der Waals surface area contributed by atoms with Gasteiger partial charge >= 0.3 is 5.97 Å². The monoisotopic (exact) mass is 669 g/mol. The SMILES string of the molecule is CCCC(=O)N/C=C\C=C\C[C@H]1OC(=O)/C=C(\C)[C@@H](C)C[C@@H]2O[C@@H]2[C@@H]2CC[C@H]3O[C@@]4(CC[C@]3(C)O2)O[C@@H](CC(=O)[C@@H](C)CC1=O)C[C@@H]4C. The summed E-state index contributed by atoms with van der Waals surface area (Å²) in [5.41, 5.74) is 0.422. The van der Waals surface area contributed by atoms with Crippen molar-refractivity contribution in [3.63, 3.8) is 0 Å². The topological polar surface area (TPSA) is 130 Å². The molecule has 0 radical (unpaired) electrons. The minimum Gasteiger partial charge on any atom is -0.451 e. The lowest BCUT2D eigenvalue weighted by atomic mass is 9.78. The number of carbonyl (C=O) groups excluding carboxylic acids is 4.